The van der Waals surface area contributed by atoms with Crippen LogP contribution in [0.1, 0.15) is 25.1 Å². The van der Waals surface area contributed by atoms with Crippen LogP contribution < -0.4 is 16.0 Å². The summed E-state index contributed by atoms with van der Waals surface area (Å²) in [6, 6.07) is 2.93. The highest BCUT2D eigenvalue weighted by Crippen LogP contribution is 1.99. The number of nitrogens with one attached hydrogen (secondary N) is 3. The zero-order valence-electron chi connectivity index (χ0n) is 11.5. The van der Waals surface area contributed by atoms with Crippen molar-refractivity contribution in [3.8, 4) is 0 Å². The Labute approximate surface area is 113 Å². The van der Waals surface area contributed by atoms with Gasteiger partial charge in [0.25, 0.3) is 0 Å². The van der Waals surface area contributed by atoms with E-state index in [1.807, 2.05) is 19.1 Å². The molecular weight excluding hydrogens is 244 g/mol. The summed E-state index contributed by atoms with van der Waals surface area (Å²) in [5, 5.41) is 7.80. The molecule has 1 rings (SSSR count). The van der Waals surface area contributed by atoms with Gasteiger partial charge in [0.15, 0.2) is 0 Å². The summed E-state index contributed by atoms with van der Waals surface area (Å²) >= 11 is 0. The molecular formula is C13H20N4O2. The number of hydrogen-bond donors (Lipinski definition) is 3. The highest BCUT2D eigenvalue weighted by molar-refractivity contribution is 5.96. The normalized spacial score (nSPS) is 11.7. The van der Waals surface area contributed by atoms with Gasteiger partial charge in [0.2, 0.25) is 5.91 Å². The number of pyridine rings is 1. The SMILES string of the molecule is CCNC(=O)NC(=O)C(C)NCc1ccc(C)nc1. The molecule has 19 heavy (non-hydrogen) atoms. The molecule has 3 amide bonds. The second-order valence-electron chi connectivity index (χ2n) is 4.26. The van der Waals surface area contributed by atoms with Crippen LogP contribution in [0, 0.1) is 6.92 Å². The van der Waals surface area contributed by atoms with Crippen molar-refractivity contribution in [2.24, 2.45) is 0 Å². The largest absolute Gasteiger partial charge is 0.338 e. The Morgan fingerprint density at radius 2 is 2.11 bits per heavy atom. The fraction of sp³-hybridized carbons (Fsp3) is 0.462. The highest BCUT2D eigenvalue weighted by Gasteiger charge is 2.14. The second-order valence-corrected chi connectivity index (χ2v) is 4.26. The molecule has 0 aliphatic carbocycles. The monoisotopic (exact) mass is 264 g/mol. The molecule has 1 aromatic rings. The minimum absolute atomic E-state index is 0.356. The zero-order valence-corrected chi connectivity index (χ0v) is 11.5. The Morgan fingerprint density at radius 1 is 1.37 bits per heavy atom. The first kappa shape index (κ1) is 15.1. The standard InChI is InChI=1S/C13H20N4O2/c1-4-14-13(19)17-12(18)10(3)16-8-11-6-5-9(2)15-7-11/h5-7,10,16H,4,8H2,1-3H3,(H2,14,17,18,19). The minimum Gasteiger partial charge on any atom is -0.338 e. The van der Waals surface area contributed by atoms with Crippen LogP contribution in [-0.4, -0.2) is 29.5 Å². The second kappa shape index (κ2) is 7.48. The minimum atomic E-state index is -0.474. The van der Waals surface area contributed by atoms with Gasteiger partial charge in [-0.3, -0.25) is 15.1 Å². The number of carbonyl (C=O) groups excluding carboxylic acids is 2. The Kier molecular flexibility index (Phi) is 5.95. The van der Waals surface area contributed by atoms with Gasteiger partial charge in [0.05, 0.1) is 6.04 Å². The molecule has 1 aromatic heterocycles. The Balaban J connectivity index is 2.38. The van der Waals surface area contributed by atoms with Gasteiger partial charge in [-0.05, 0) is 32.4 Å². The molecule has 1 unspecified atom stereocenters. The lowest BCUT2D eigenvalue weighted by atomic mass is 10.2. The number of imide groups is 1. The van der Waals surface area contributed by atoms with Crippen LogP contribution in [0.15, 0.2) is 18.3 Å². The Bertz CT molecular complexity index is 431. The number of rotatable bonds is 5. The summed E-state index contributed by atoms with van der Waals surface area (Å²) in [7, 11) is 0. The van der Waals surface area contributed by atoms with E-state index in [-0.39, 0.29) is 5.91 Å². The van der Waals surface area contributed by atoms with Gasteiger partial charge in [0, 0.05) is 25.0 Å². The topological polar surface area (TPSA) is 83.1 Å². The lowest BCUT2D eigenvalue weighted by Gasteiger charge is -2.13. The van der Waals surface area contributed by atoms with Crippen LogP contribution in [0.4, 0.5) is 4.79 Å². The van der Waals surface area contributed by atoms with Gasteiger partial charge in [-0.15, -0.1) is 0 Å². The first-order chi connectivity index (χ1) is 9.02. The van der Waals surface area contributed by atoms with E-state index < -0.39 is 12.1 Å². The zero-order chi connectivity index (χ0) is 14.3. The Morgan fingerprint density at radius 3 is 2.68 bits per heavy atom. The molecule has 104 valence electrons. The number of aryl methyl sites for hydroxylation is 1. The van der Waals surface area contributed by atoms with Crippen LogP contribution in [0.2, 0.25) is 0 Å². The number of carbonyl (C=O) groups is 2. The maximum absolute atomic E-state index is 11.7. The van der Waals surface area contributed by atoms with E-state index in [0.29, 0.717) is 13.1 Å². The number of amides is 3. The summed E-state index contributed by atoms with van der Waals surface area (Å²) in [5.41, 5.74) is 1.94. The maximum atomic E-state index is 11.7. The first-order valence-electron chi connectivity index (χ1n) is 6.26. The van der Waals surface area contributed by atoms with Crippen molar-refractivity contribution >= 4 is 11.9 Å². The molecule has 0 aliphatic heterocycles. The van der Waals surface area contributed by atoms with E-state index in [1.165, 1.54) is 0 Å². The number of urea groups is 1. The first-order valence-corrected chi connectivity index (χ1v) is 6.26. The van der Waals surface area contributed by atoms with Gasteiger partial charge in [-0.25, -0.2) is 4.79 Å². The third-order valence-electron chi connectivity index (χ3n) is 2.55. The maximum Gasteiger partial charge on any atom is 0.321 e. The predicted octanol–water partition coefficient (Wildman–Crippen LogP) is 0.714. The third kappa shape index (κ3) is 5.48. The van der Waals surface area contributed by atoms with Crippen LogP contribution in [-0.2, 0) is 11.3 Å². The summed E-state index contributed by atoms with van der Waals surface area (Å²) in [6.45, 7) is 6.42. The van der Waals surface area contributed by atoms with Gasteiger partial charge >= 0.3 is 6.03 Å². The molecule has 0 saturated heterocycles. The number of nitrogens with zero attached hydrogens (tertiary/aromatic N) is 1. The molecule has 0 fully saturated rings. The lowest BCUT2D eigenvalue weighted by molar-refractivity contribution is -0.121. The molecule has 0 radical (unpaired) electrons. The van der Waals surface area contributed by atoms with E-state index in [4.69, 9.17) is 0 Å². The Hall–Kier alpha value is -1.95. The quantitative estimate of drug-likeness (QED) is 0.731. The molecule has 6 nitrogen and oxygen atoms in total. The molecule has 0 spiro atoms. The average Bonchev–Trinajstić information content (AvgIpc) is 2.37. The smallest absolute Gasteiger partial charge is 0.321 e. The predicted molar refractivity (Wildman–Crippen MR) is 72.5 cm³/mol. The van der Waals surface area contributed by atoms with Gasteiger partial charge in [-0.1, -0.05) is 6.07 Å². The molecule has 3 N–H and O–H groups in total. The number of aromatic nitrogens is 1. The van der Waals surface area contributed by atoms with Gasteiger partial charge < -0.3 is 10.6 Å². The fourth-order valence-corrected chi connectivity index (χ4v) is 1.39. The van der Waals surface area contributed by atoms with E-state index in [2.05, 4.69) is 20.9 Å². The van der Waals surface area contributed by atoms with Crippen LogP contribution in [0.25, 0.3) is 0 Å². The van der Waals surface area contributed by atoms with E-state index in [9.17, 15) is 9.59 Å². The molecule has 0 bridgehead atoms. The summed E-state index contributed by atoms with van der Waals surface area (Å²) in [4.78, 5) is 27.0. The van der Waals surface area contributed by atoms with E-state index >= 15 is 0 Å². The summed E-state index contributed by atoms with van der Waals surface area (Å²) in [6.07, 6.45) is 1.76. The molecule has 0 saturated carbocycles. The van der Waals surface area contributed by atoms with Crippen molar-refractivity contribution in [3.63, 3.8) is 0 Å². The lowest BCUT2D eigenvalue weighted by Crippen LogP contribution is -2.47. The summed E-state index contributed by atoms with van der Waals surface area (Å²) in [5.74, 6) is -0.356. The molecule has 0 aromatic carbocycles. The van der Waals surface area contributed by atoms with Gasteiger partial charge in [-0.2, -0.15) is 0 Å². The molecule has 6 heteroatoms. The third-order valence-corrected chi connectivity index (χ3v) is 2.55. The van der Waals surface area contributed by atoms with Crippen molar-refractivity contribution in [1.29, 1.82) is 0 Å². The van der Waals surface area contributed by atoms with Crippen molar-refractivity contribution in [3.05, 3.63) is 29.6 Å². The van der Waals surface area contributed by atoms with Gasteiger partial charge in [0.1, 0.15) is 0 Å². The van der Waals surface area contributed by atoms with Crippen molar-refractivity contribution in [2.45, 2.75) is 33.4 Å². The fourth-order valence-electron chi connectivity index (χ4n) is 1.39. The van der Waals surface area contributed by atoms with Crippen LogP contribution in [0.3, 0.4) is 0 Å². The molecule has 0 aliphatic rings. The van der Waals surface area contributed by atoms with Crippen molar-refractivity contribution in [1.82, 2.24) is 20.9 Å². The molecule has 1 atom stereocenters. The number of hydrogen-bond acceptors (Lipinski definition) is 4. The van der Waals surface area contributed by atoms with Crippen molar-refractivity contribution in [2.75, 3.05) is 6.54 Å². The van der Waals surface area contributed by atoms with Crippen LogP contribution in [0.5, 0.6) is 0 Å². The molecule has 1 heterocycles. The van der Waals surface area contributed by atoms with Crippen LogP contribution >= 0.6 is 0 Å². The van der Waals surface area contributed by atoms with E-state index in [1.54, 1.807) is 20.0 Å². The summed E-state index contributed by atoms with van der Waals surface area (Å²) < 4.78 is 0. The van der Waals surface area contributed by atoms with Crippen molar-refractivity contribution < 1.29 is 9.59 Å². The van der Waals surface area contributed by atoms with E-state index in [0.717, 1.165) is 11.3 Å². The average molecular weight is 264 g/mol. The highest BCUT2D eigenvalue weighted by atomic mass is 16.2.